The molecule has 0 saturated heterocycles. The number of para-hydroxylation sites is 1. The molecule has 2 aromatic rings. The van der Waals surface area contributed by atoms with E-state index in [4.69, 9.17) is 16.3 Å². The molecule has 0 aliphatic heterocycles. The van der Waals surface area contributed by atoms with Gasteiger partial charge in [-0.15, -0.1) is 11.8 Å². The van der Waals surface area contributed by atoms with Crippen LogP contribution in [0.2, 0.25) is 5.02 Å². The van der Waals surface area contributed by atoms with Crippen molar-refractivity contribution < 1.29 is 13.9 Å². The van der Waals surface area contributed by atoms with Crippen molar-refractivity contribution in [2.24, 2.45) is 0 Å². The second kappa shape index (κ2) is 9.55. The van der Waals surface area contributed by atoms with Gasteiger partial charge in [0.1, 0.15) is 0 Å². The summed E-state index contributed by atoms with van der Waals surface area (Å²) in [6.45, 7) is 2.68. The lowest BCUT2D eigenvalue weighted by Gasteiger charge is -2.12. The third-order valence-corrected chi connectivity index (χ3v) is 4.57. The van der Waals surface area contributed by atoms with E-state index in [1.54, 1.807) is 30.3 Å². The maximum Gasteiger partial charge on any atom is 0.233 e. The van der Waals surface area contributed by atoms with Crippen molar-refractivity contribution in [3.63, 3.8) is 0 Å². The van der Waals surface area contributed by atoms with Gasteiger partial charge in [-0.2, -0.15) is 0 Å². The molecule has 1 amide bonds. The molecule has 0 aliphatic carbocycles. The second-order valence-electron chi connectivity index (χ2n) is 5.14. The van der Waals surface area contributed by atoms with Crippen molar-refractivity contribution in [3.8, 4) is 5.75 Å². The zero-order valence-electron chi connectivity index (χ0n) is 13.3. The molecule has 0 heterocycles. The number of rotatable bonds is 8. The van der Waals surface area contributed by atoms with Crippen LogP contribution in [0.3, 0.4) is 0 Å². The first-order valence-electron chi connectivity index (χ1n) is 7.63. The van der Waals surface area contributed by atoms with Gasteiger partial charge in [0.25, 0.3) is 0 Å². The van der Waals surface area contributed by atoms with Crippen LogP contribution in [0.5, 0.6) is 5.75 Å². The van der Waals surface area contributed by atoms with Gasteiger partial charge in [0, 0.05) is 16.5 Å². The second-order valence-corrected chi connectivity index (χ2v) is 6.99. The lowest BCUT2D eigenvalue weighted by atomic mass is 10.3. The Balaban J connectivity index is 1.65. The summed E-state index contributed by atoms with van der Waals surface area (Å²) in [6, 6.07) is 13.6. The summed E-state index contributed by atoms with van der Waals surface area (Å²) in [5, 5.41) is 3.32. The number of hydrogen-bond acceptors (Lipinski definition) is 3. The highest BCUT2D eigenvalue weighted by Gasteiger charge is 2.13. The number of halogens is 2. The minimum absolute atomic E-state index is 0.0409. The fourth-order valence-electron chi connectivity index (χ4n) is 1.94. The topological polar surface area (TPSA) is 38.3 Å². The third-order valence-electron chi connectivity index (χ3n) is 3.21. The summed E-state index contributed by atoms with van der Waals surface area (Å²) in [5.74, 6) is -0.189. The molecule has 6 heteroatoms. The Labute approximate surface area is 150 Å². The zero-order chi connectivity index (χ0) is 17.4. The maximum absolute atomic E-state index is 13.4. The predicted molar refractivity (Wildman–Crippen MR) is 96.3 cm³/mol. The molecule has 0 aromatic heterocycles. The average molecular weight is 368 g/mol. The fourth-order valence-corrected chi connectivity index (χ4v) is 2.96. The van der Waals surface area contributed by atoms with Crippen LogP contribution >= 0.6 is 23.4 Å². The molecule has 2 aromatic carbocycles. The van der Waals surface area contributed by atoms with Gasteiger partial charge in [-0.1, -0.05) is 23.7 Å². The summed E-state index contributed by atoms with van der Waals surface area (Å²) >= 11 is 7.31. The molecule has 1 atom stereocenters. The quantitative estimate of drug-likeness (QED) is 0.549. The molecule has 1 N–H and O–H groups in total. The van der Waals surface area contributed by atoms with E-state index in [1.807, 2.05) is 19.1 Å². The Morgan fingerprint density at radius 2 is 1.96 bits per heavy atom. The molecular weight excluding hydrogens is 349 g/mol. The van der Waals surface area contributed by atoms with Gasteiger partial charge in [-0.25, -0.2) is 4.39 Å². The number of benzene rings is 2. The molecule has 0 saturated carbocycles. The Kier molecular flexibility index (Phi) is 7.40. The minimum Gasteiger partial charge on any atom is -0.490 e. The van der Waals surface area contributed by atoms with Gasteiger partial charge in [0.15, 0.2) is 11.6 Å². The number of hydrogen-bond donors (Lipinski definition) is 1. The number of amides is 1. The monoisotopic (exact) mass is 367 g/mol. The van der Waals surface area contributed by atoms with Crippen LogP contribution in [-0.2, 0) is 4.79 Å². The highest BCUT2D eigenvalue weighted by atomic mass is 35.5. The summed E-state index contributed by atoms with van der Waals surface area (Å²) in [7, 11) is 0. The van der Waals surface area contributed by atoms with Gasteiger partial charge in [0.05, 0.1) is 11.9 Å². The van der Waals surface area contributed by atoms with Crippen molar-refractivity contribution >= 4 is 29.3 Å². The van der Waals surface area contributed by atoms with Crippen LogP contribution in [0.15, 0.2) is 53.4 Å². The van der Waals surface area contributed by atoms with Crippen LogP contribution in [0.25, 0.3) is 0 Å². The summed E-state index contributed by atoms with van der Waals surface area (Å²) in [4.78, 5) is 13.0. The number of thioether (sulfide) groups is 1. The van der Waals surface area contributed by atoms with Crippen molar-refractivity contribution in [1.29, 1.82) is 0 Å². The number of carbonyl (C=O) groups excluding carboxylic acids is 1. The van der Waals surface area contributed by atoms with Gasteiger partial charge < -0.3 is 10.1 Å². The smallest absolute Gasteiger partial charge is 0.233 e. The van der Waals surface area contributed by atoms with E-state index in [2.05, 4.69) is 5.32 Å². The highest BCUT2D eigenvalue weighted by molar-refractivity contribution is 8.00. The van der Waals surface area contributed by atoms with Crippen LogP contribution < -0.4 is 10.1 Å². The van der Waals surface area contributed by atoms with Crippen molar-refractivity contribution in [2.75, 3.05) is 13.2 Å². The van der Waals surface area contributed by atoms with E-state index in [1.165, 1.54) is 17.8 Å². The molecule has 0 aliphatic rings. The zero-order valence-corrected chi connectivity index (χ0v) is 14.9. The summed E-state index contributed by atoms with van der Waals surface area (Å²) in [5.41, 5.74) is 0. The van der Waals surface area contributed by atoms with E-state index in [9.17, 15) is 9.18 Å². The largest absolute Gasteiger partial charge is 0.490 e. The molecule has 2 rings (SSSR count). The fraction of sp³-hybridized carbons (Fsp3) is 0.278. The van der Waals surface area contributed by atoms with E-state index in [-0.39, 0.29) is 22.7 Å². The number of ether oxygens (including phenoxy) is 1. The van der Waals surface area contributed by atoms with E-state index < -0.39 is 0 Å². The first-order chi connectivity index (χ1) is 11.6. The number of carbonyl (C=O) groups is 1. The van der Waals surface area contributed by atoms with Gasteiger partial charge in [-0.05, 0) is 49.7 Å². The molecule has 1 unspecified atom stereocenters. The molecule has 0 radical (unpaired) electrons. The van der Waals surface area contributed by atoms with Gasteiger partial charge >= 0.3 is 0 Å². The standard InChI is InChI=1S/C18H19ClFNO2S/c1-13(24-15-9-7-14(19)8-10-15)18(22)21-11-4-12-23-17-6-3-2-5-16(17)20/h2-3,5-10,13H,4,11-12H2,1H3,(H,21,22). The molecule has 0 spiro atoms. The van der Waals surface area contributed by atoms with Crippen molar-refractivity contribution in [3.05, 3.63) is 59.4 Å². The summed E-state index contributed by atoms with van der Waals surface area (Å²) in [6.07, 6.45) is 0.610. The van der Waals surface area contributed by atoms with Crippen LogP contribution in [0.1, 0.15) is 13.3 Å². The third kappa shape index (κ3) is 6.06. The first-order valence-corrected chi connectivity index (χ1v) is 8.89. The highest BCUT2D eigenvalue weighted by Crippen LogP contribution is 2.24. The first kappa shape index (κ1) is 18.6. The van der Waals surface area contributed by atoms with E-state index in [0.29, 0.717) is 24.6 Å². The van der Waals surface area contributed by atoms with Crippen LogP contribution in [-0.4, -0.2) is 24.3 Å². The Morgan fingerprint density at radius 1 is 1.25 bits per heavy atom. The van der Waals surface area contributed by atoms with Gasteiger partial charge in [-0.3, -0.25) is 4.79 Å². The SMILES string of the molecule is CC(Sc1ccc(Cl)cc1)C(=O)NCCCOc1ccccc1F. The van der Waals surface area contributed by atoms with Gasteiger partial charge in [0.2, 0.25) is 5.91 Å². The number of nitrogens with one attached hydrogen (secondary N) is 1. The maximum atomic E-state index is 13.4. The molecule has 3 nitrogen and oxygen atoms in total. The Bertz CT molecular complexity index is 666. The van der Waals surface area contributed by atoms with Crippen LogP contribution in [0, 0.1) is 5.82 Å². The van der Waals surface area contributed by atoms with E-state index >= 15 is 0 Å². The molecule has 0 fully saturated rings. The minimum atomic E-state index is -0.380. The van der Waals surface area contributed by atoms with Crippen molar-refractivity contribution in [1.82, 2.24) is 5.32 Å². The molecule has 24 heavy (non-hydrogen) atoms. The Hall–Kier alpha value is -1.72. The lowest BCUT2D eigenvalue weighted by molar-refractivity contribution is -0.120. The predicted octanol–water partition coefficient (Wildman–Crippen LogP) is 4.55. The van der Waals surface area contributed by atoms with E-state index in [0.717, 1.165) is 4.90 Å². The summed E-state index contributed by atoms with van der Waals surface area (Å²) < 4.78 is 18.7. The molecule has 0 bridgehead atoms. The average Bonchev–Trinajstić information content (AvgIpc) is 2.58. The molecular formula is C18H19ClFNO2S. The Morgan fingerprint density at radius 3 is 2.67 bits per heavy atom. The normalized spacial score (nSPS) is 11.8. The van der Waals surface area contributed by atoms with Crippen molar-refractivity contribution in [2.45, 2.75) is 23.5 Å². The van der Waals surface area contributed by atoms with Crippen LogP contribution in [0.4, 0.5) is 4.39 Å². The molecule has 128 valence electrons. The lowest BCUT2D eigenvalue weighted by Crippen LogP contribution is -2.32.